The molecule has 0 aliphatic carbocycles. The van der Waals surface area contributed by atoms with Gasteiger partial charge in [0.2, 0.25) is 0 Å². The van der Waals surface area contributed by atoms with Crippen LogP contribution in [0.4, 0.5) is 18.9 Å². The molecule has 0 bridgehead atoms. The largest absolute Gasteiger partial charge is 0.401 e. The van der Waals surface area contributed by atoms with Gasteiger partial charge in [0.05, 0.1) is 13.2 Å². The standard InChI is InChI=1S/C13H16ClF3N2O/c14-12-7-11(2-1-10(12)8-20)19-5-3-18(4-6-19)9-13(15,16)17/h1-2,7,20H,3-6,8-9H2. The van der Waals surface area contributed by atoms with Crippen LogP contribution in [-0.4, -0.2) is 48.9 Å². The Kier molecular flexibility index (Phi) is 4.78. The molecule has 112 valence electrons. The Balaban J connectivity index is 1.95. The molecular formula is C13H16ClF3N2O. The fourth-order valence-electron chi connectivity index (χ4n) is 2.28. The molecule has 0 radical (unpaired) electrons. The summed E-state index contributed by atoms with van der Waals surface area (Å²) in [6, 6.07) is 5.31. The van der Waals surface area contributed by atoms with E-state index in [1.807, 2.05) is 11.0 Å². The summed E-state index contributed by atoms with van der Waals surface area (Å²) in [4.78, 5) is 3.40. The number of aliphatic hydroxyl groups is 1. The lowest BCUT2D eigenvalue weighted by Gasteiger charge is -2.36. The molecule has 0 amide bonds. The van der Waals surface area contributed by atoms with Crippen LogP contribution in [0.3, 0.4) is 0 Å². The average Bonchev–Trinajstić information content (AvgIpc) is 2.37. The molecule has 2 rings (SSSR count). The molecule has 0 saturated carbocycles. The SMILES string of the molecule is OCc1ccc(N2CCN(CC(F)(F)F)CC2)cc1Cl. The maximum absolute atomic E-state index is 12.3. The van der Waals surface area contributed by atoms with Crippen LogP contribution in [0, 0.1) is 0 Å². The Labute approximate surface area is 120 Å². The van der Waals surface area contributed by atoms with Crippen LogP contribution < -0.4 is 4.90 Å². The predicted octanol–water partition coefficient (Wildman–Crippen LogP) is 2.52. The summed E-state index contributed by atoms with van der Waals surface area (Å²) in [5.41, 5.74) is 1.52. The average molecular weight is 309 g/mol. The van der Waals surface area contributed by atoms with Gasteiger partial charge in [0.25, 0.3) is 0 Å². The Morgan fingerprint density at radius 2 is 1.80 bits per heavy atom. The number of nitrogens with zero attached hydrogens (tertiary/aromatic N) is 2. The number of aliphatic hydroxyl groups excluding tert-OH is 1. The van der Waals surface area contributed by atoms with E-state index in [0.717, 1.165) is 5.69 Å². The van der Waals surface area contributed by atoms with Gasteiger partial charge in [-0.25, -0.2) is 0 Å². The Bertz CT molecular complexity index is 459. The summed E-state index contributed by atoms with van der Waals surface area (Å²) >= 11 is 6.02. The Morgan fingerprint density at radius 3 is 2.30 bits per heavy atom. The molecule has 1 N–H and O–H groups in total. The molecule has 1 aliphatic rings. The van der Waals surface area contributed by atoms with Crippen molar-refractivity contribution in [3.05, 3.63) is 28.8 Å². The monoisotopic (exact) mass is 308 g/mol. The second-order valence-electron chi connectivity index (χ2n) is 4.81. The predicted molar refractivity (Wildman–Crippen MR) is 72.1 cm³/mol. The van der Waals surface area contributed by atoms with E-state index in [2.05, 4.69) is 0 Å². The van der Waals surface area contributed by atoms with Crippen molar-refractivity contribution in [3.63, 3.8) is 0 Å². The Morgan fingerprint density at radius 1 is 1.15 bits per heavy atom. The van der Waals surface area contributed by atoms with Crippen molar-refractivity contribution in [1.82, 2.24) is 4.90 Å². The van der Waals surface area contributed by atoms with Gasteiger partial charge in [-0.15, -0.1) is 0 Å². The van der Waals surface area contributed by atoms with Crippen LogP contribution in [0.25, 0.3) is 0 Å². The van der Waals surface area contributed by atoms with Crippen molar-refractivity contribution < 1.29 is 18.3 Å². The molecule has 0 unspecified atom stereocenters. The quantitative estimate of drug-likeness (QED) is 0.929. The molecule has 1 aliphatic heterocycles. The number of piperazine rings is 1. The maximum atomic E-state index is 12.3. The smallest absolute Gasteiger partial charge is 0.392 e. The van der Waals surface area contributed by atoms with Crippen molar-refractivity contribution >= 4 is 17.3 Å². The third-order valence-corrected chi connectivity index (χ3v) is 3.70. The van der Waals surface area contributed by atoms with Gasteiger partial charge in [0, 0.05) is 36.9 Å². The third-order valence-electron chi connectivity index (χ3n) is 3.35. The Hall–Kier alpha value is -0.980. The molecule has 20 heavy (non-hydrogen) atoms. The second kappa shape index (κ2) is 6.20. The summed E-state index contributed by atoms with van der Waals surface area (Å²) in [6.45, 7) is 0.830. The van der Waals surface area contributed by atoms with Crippen molar-refractivity contribution in [1.29, 1.82) is 0 Å². The molecule has 0 spiro atoms. The fourth-order valence-corrected chi connectivity index (χ4v) is 2.51. The molecule has 3 nitrogen and oxygen atoms in total. The number of benzene rings is 1. The highest BCUT2D eigenvalue weighted by Crippen LogP contribution is 2.25. The lowest BCUT2D eigenvalue weighted by molar-refractivity contribution is -0.146. The van der Waals surface area contributed by atoms with Crippen LogP contribution >= 0.6 is 11.6 Å². The number of alkyl halides is 3. The van der Waals surface area contributed by atoms with E-state index in [-0.39, 0.29) is 6.61 Å². The van der Waals surface area contributed by atoms with Crippen LogP contribution in [-0.2, 0) is 6.61 Å². The summed E-state index contributed by atoms with van der Waals surface area (Å²) in [7, 11) is 0. The topological polar surface area (TPSA) is 26.7 Å². The van der Waals surface area contributed by atoms with Gasteiger partial charge in [-0.3, -0.25) is 4.90 Å². The molecule has 1 heterocycles. The minimum absolute atomic E-state index is 0.127. The van der Waals surface area contributed by atoms with Crippen molar-refractivity contribution in [3.8, 4) is 0 Å². The molecule has 1 saturated heterocycles. The molecule has 7 heteroatoms. The van der Waals surface area contributed by atoms with Crippen LogP contribution in [0.5, 0.6) is 0 Å². The summed E-state index contributed by atoms with van der Waals surface area (Å²) in [5, 5.41) is 9.53. The zero-order valence-electron chi connectivity index (χ0n) is 10.8. The third kappa shape index (κ3) is 4.01. The van der Waals surface area contributed by atoms with Crippen LogP contribution in [0.1, 0.15) is 5.56 Å². The summed E-state index contributed by atoms with van der Waals surface area (Å²) < 4.78 is 36.9. The van der Waals surface area contributed by atoms with E-state index in [1.54, 1.807) is 12.1 Å². The molecular weight excluding hydrogens is 293 g/mol. The highest BCUT2D eigenvalue weighted by atomic mass is 35.5. The highest BCUT2D eigenvalue weighted by Gasteiger charge is 2.32. The first kappa shape index (κ1) is 15.4. The summed E-state index contributed by atoms with van der Waals surface area (Å²) in [6.07, 6.45) is -4.14. The van der Waals surface area contributed by atoms with Gasteiger partial charge in [-0.2, -0.15) is 13.2 Å². The minimum Gasteiger partial charge on any atom is -0.392 e. The molecule has 0 aromatic heterocycles. The zero-order valence-corrected chi connectivity index (χ0v) is 11.6. The number of hydrogen-bond donors (Lipinski definition) is 1. The van der Waals surface area contributed by atoms with E-state index >= 15 is 0 Å². The van der Waals surface area contributed by atoms with Gasteiger partial charge >= 0.3 is 6.18 Å². The van der Waals surface area contributed by atoms with E-state index in [1.165, 1.54) is 4.90 Å². The number of anilines is 1. The van der Waals surface area contributed by atoms with Crippen molar-refractivity contribution in [2.24, 2.45) is 0 Å². The van der Waals surface area contributed by atoms with E-state index < -0.39 is 12.7 Å². The molecule has 1 aromatic carbocycles. The van der Waals surface area contributed by atoms with Crippen LogP contribution in [0.15, 0.2) is 18.2 Å². The van der Waals surface area contributed by atoms with Gasteiger partial charge in [-0.05, 0) is 17.7 Å². The van der Waals surface area contributed by atoms with Gasteiger partial charge in [-0.1, -0.05) is 17.7 Å². The van der Waals surface area contributed by atoms with E-state index in [4.69, 9.17) is 16.7 Å². The molecule has 0 atom stereocenters. The van der Waals surface area contributed by atoms with Crippen molar-refractivity contribution in [2.75, 3.05) is 37.6 Å². The van der Waals surface area contributed by atoms with E-state index in [9.17, 15) is 13.2 Å². The van der Waals surface area contributed by atoms with Gasteiger partial charge in [0.15, 0.2) is 0 Å². The normalized spacial score (nSPS) is 17.6. The van der Waals surface area contributed by atoms with Crippen LogP contribution in [0.2, 0.25) is 5.02 Å². The number of hydrogen-bond acceptors (Lipinski definition) is 3. The number of halogens is 4. The summed E-state index contributed by atoms with van der Waals surface area (Å²) in [5.74, 6) is 0. The number of rotatable bonds is 3. The van der Waals surface area contributed by atoms with Gasteiger partial charge in [0.1, 0.15) is 0 Å². The second-order valence-corrected chi connectivity index (χ2v) is 5.22. The fraction of sp³-hybridized carbons (Fsp3) is 0.538. The lowest BCUT2D eigenvalue weighted by atomic mass is 10.2. The molecule has 1 fully saturated rings. The highest BCUT2D eigenvalue weighted by molar-refractivity contribution is 6.31. The minimum atomic E-state index is -4.14. The first-order valence-electron chi connectivity index (χ1n) is 6.32. The lowest BCUT2D eigenvalue weighted by Crippen LogP contribution is -2.49. The molecule has 1 aromatic rings. The zero-order chi connectivity index (χ0) is 14.8. The van der Waals surface area contributed by atoms with Crippen molar-refractivity contribution in [2.45, 2.75) is 12.8 Å². The van der Waals surface area contributed by atoms with E-state index in [0.29, 0.717) is 36.8 Å². The first-order chi connectivity index (χ1) is 9.39. The first-order valence-corrected chi connectivity index (χ1v) is 6.70. The maximum Gasteiger partial charge on any atom is 0.401 e. The van der Waals surface area contributed by atoms with Gasteiger partial charge < -0.3 is 10.0 Å².